The number of nitrogens with zero attached hydrogens (tertiary/aromatic N) is 2. The minimum absolute atomic E-state index is 0.131. The first-order valence-electron chi connectivity index (χ1n) is 5.78. The third kappa shape index (κ3) is 3.10. The molecule has 0 bridgehead atoms. The van der Waals surface area contributed by atoms with Gasteiger partial charge in [0.15, 0.2) is 11.0 Å². The molecule has 0 aromatic carbocycles. The SMILES string of the molecule is CC1CCNC(C(=O)Nc2ncnc(Cl)c2Cl)C1. The summed E-state index contributed by atoms with van der Waals surface area (Å²) < 4.78 is 0. The zero-order valence-corrected chi connectivity index (χ0v) is 11.4. The van der Waals surface area contributed by atoms with Gasteiger partial charge < -0.3 is 10.6 Å². The predicted octanol–water partition coefficient (Wildman–Crippen LogP) is 2.11. The molecule has 98 valence electrons. The average molecular weight is 289 g/mol. The van der Waals surface area contributed by atoms with Gasteiger partial charge in [0, 0.05) is 0 Å². The molecule has 1 aliphatic rings. The van der Waals surface area contributed by atoms with Gasteiger partial charge in [-0.2, -0.15) is 0 Å². The molecule has 1 aromatic rings. The van der Waals surface area contributed by atoms with Crippen molar-refractivity contribution in [3.05, 3.63) is 16.5 Å². The highest BCUT2D eigenvalue weighted by Gasteiger charge is 2.25. The van der Waals surface area contributed by atoms with Crippen molar-refractivity contribution in [2.24, 2.45) is 5.92 Å². The van der Waals surface area contributed by atoms with Gasteiger partial charge in [0.1, 0.15) is 11.3 Å². The summed E-state index contributed by atoms with van der Waals surface area (Å²) in [5.74, 6) is 0.645. The second kappa shape index (κ2) is 5.82. The van der Waals surface area contributed by atoms with Gasteiger partial charge in [-0.15, -0.1) is 0 Å². The minimum Gasteiger partial charge on any atom is -0.308 e. The first kappa shape index (κ1) is 13.5. The molecule has 18 heavy (non-hydrogen) atoms. The standard InChI is InChI=1S/C11H14Cl2N4O/c1-6-2-3-14-7(4-6)11(18)17-10-8(12)9(13)15-5-16-10/h5-7,14H,2-4H2,1H3,(H,15,16,17,18). The molecule has 0 radical (unpaired) electrons. The number of aromatic nitrogens is 2. The second-order valence-electron chi connectivity index (χ2n) is 4.45. The molecule has 1 amide bonds. The van der Waals surface area contributed by atoms with Crippen molar-refractivity contribution in [1.82, 2.24) is 15.3 Å². The Bertz CT molecular complexity index is 455. The number of carbonyl (C=O) groups excluding carboxylic acids is 1. The molecular weight excluding hydrogens is 275 g/mol. The number of halogens is 2. The lowest BCUT2D eigenvalue weighted by atomic mass is 9.94. The molecule has 1 aliphatic heterocycles. The van der Waals surface area contributed by atoms with Crippen LogP contribution in [0.5, 0.6) is 0 Å². The van der Waals surface area contributed by atoms with E-state index in [1.165, 1.54) is 6.33 Å². The maximum absolute atomic E-state index is 12.0. The van der Waals surface area contributed by atoms with E-state index >= 15 is 0 Å². The zero-order chi connectivity index (χ0) is 13.1. The Labute approximate surface area is 115 Å². The fourth-order valence-corrected chi connectivity index (χ4v) is 2.22. The van der Waals surface area contributed by atoms with Crippen molar-refractivity contribution in [3.8, 4) is 0 Å². The van der Waals surface area contributed by atoms with Crippen molar-refractivity contribution in [3.63, 3.8) is 0 Å². The lowest BCUT2D eigenvalue weighted by Crippen LogP contribution is -2.45. The van der Waals surface area contributed by atoms with Gasteiger partial charge >= 0.3 is 0 Å². The summed E-state index contributed by atoms with van der Waals surface area (Å²) in [5.41, 5.74) is 0. The average Bonchev–Trinajstić information content (AvgIpc) is 2.35. The predicted molar refractivity (Wildman–Crippen MR) is 70.9 cm³/mol. The number of amides is 1. The molecule has 2 unspecified atom stereocenters. The molecule has 2 N–H and O–H groups in total. The summed E-state index contributed by atoms with van der Waals surface area (Å²) in [6.45, 7) is 2.98. The van der Waals surface area contributed by atoms with Crippen LogP contribution in [0.1, 0.15) is 19.8 Å². The van der Waals surface area contributed by atoms with Crippen LogP contribution < -0.4 is 10.6 Å². The molecule has 7 heteroatoms. The summed E-state index contributed by atoms with van der Waals surface area (Å²) in [4.78, 5) is 19.7. The van der Waals surface area contributed by atoms with Crippen LogP contribution in [0.3, 0.4) is 0 Å². The Kier molecular flexibility index (Phi) is 4.37. The van der Waals surface area contributed by atoms with E-state index in [0.717, 1.165) is 19.4 Å². The Hall–Kier alpha value is -0.910. The summed E-state index contributed by atoms with van der Waals surface area (Å²) in [6.07, 6.45) is 3.16. The second-order valence-corrected chi connectivity index (χ2v) is 5.19. The topological polar surface area (TPSA) is 66.9 Å². The first-order chi connectivity index (χ1) is 8.58. The van der Waals surface area contributed by atoms with Crippen molar-refractivity contribution in [2.45, 2.75) is 25.8 Å². The van der Waals surface area contributed by atoms with Crippen molar-refractivity contribution in [1.29, 1.82) is 0 Å². The molecule has 1 saturated heterocycles. The van der Waals surface area contributed by atoms with Gasteiger partial charge in [0.2, 0.25) is 5.91 Å². The van der Waals surface area contributed by atoms with E-state index in [1.807, 2.05) is 0 Å². The van der Waals surface area contributed by atoms with E-state index < -0.39 is 0 Å². The van der Waals surface area contributed by atoms with Crippen LogP contribution in [0, 0.1) is 5.92 Å². The zero-order valence-electron chi connectivity index (χ0n) is 9.91. The van der Waals surface area contributed by atoms with E-state index in [4.69, 9.17) is 23.2 Å². The van der Waals surface area contributed by atoms with Crippen LogP contribution in [0.25, 0.3) is 0 Å². The first-order valence-corrected chi connectivity index (χ1v) is 6.53. The van der Waals surface area contributed by atoms with Gasteiger partial charge in [-0.1, -0.05) is 30.1 Å². The van der Waals surface area contributed by atoms with E-state index in [-0.39, 0.29) is 27.9 Å². The lowest BCUT2D eigenvalue weighted by Gasteiger charge is -2.27. The third-order valence-corrected chi connectivity index (χ3v) is 3.71. The van der Waals surface area contributed by atoms with Crippen LogP contribution in [-0.2, 0) is 4.79 Å². The maximum atomic E-state index is 12.0. The quantitative estimate of drug-likeness (QED) is 0.818. The molecule has 2 heterocycles. The highest BCUT2D eigenvalue weighted by molar-refractivity contribution is 6.42. The Balaban J connectivity index is 2.04. The lowest BCUT2D eigenvalue weighted by molar-refractivity contribution is -0.119. The van der Waals surface area contributed by atoms with Crippen LogP contribution in [0.2, 0.25) is 10.2 Å². The van der Waals surface area contributed by atoms with Gasteiger partial charge in [-0.3, -0.25) is 4.79 Å². The molecule has 2 rings (SSSR count). The van der Waals surface area contributed by atoms with Crippen LogP contribution >= 0.6 is 23.2 Å². The number of rotatable bonds is 2. The fourth-order valence-electron chi connectivity index (χ4n) is 1.95. The molecule has 0 saturated carbocycles. The maximum Gasteiger partial charge on any atom is 0.242 e. The number of hydrogen-bond acceptors (Lipinski definition) is 4. The molecule has 0 spiro atoms. The Morgan fingerprint density at radius 1 is 1.50 bits per heavy atom. The van der Waals surface area contributed by atoms with E-state index in [1.54, 1.807) is 0 Å². The molecule has 1 fully saturated rings. The highest BCUT2D eigenvalue weighted by Crippen LogP contribution is 2.26. The van der Waals surface area contributed by atoms with Crippen LogP contribution in [0.4, 0.5) is 5.82 Å². The molecule has 0 aliphatic carbocycles. The van der Waals surface area contributed by atoms with Crippen LogP contribution in [0.15, 0.2) is 6.33 Å². The smallest absolute Gasteiger partial charge is 0.242 e. The number of piperidine rings is 1. The number of anilines is 1. The normalized spacial score (nSPS) is 23.7. The van der Waals surface area contributed by atoms with Gasteiger partial charge in [-0.25, -0.2) is 9.97 Å². The molecular formula is C11H14Cl2N4O. The highest BCUT2D eigenvalue weighted by atomic mass is 35.5. The summed E-state index contributed by atoms with van der Waals surface area (Å²) >= 11 is 11.7. The van der Waals surface area contributed by atoms with Crippen molar-refractivity contribution >= 4 is 34.9 Å². The fraction of sp³-hybridized carbons (Fsp3) is 0.545. The van der Waals surface area contributed by atoms with Gasteiger partial charge in [0.05, 0.1) is 6.04 Å². The van der Waals surface area contributed by atoms with E-state index in [0.29, 0.717) is 5.92 Å². The number of carbonyl (C=O) groups is 1. The molecule has 2 atom stereocenters. The third-order valence-electron chi connectivity index (χ3n) is 2.97. The van der Waals surface area contributed by atoms with Crippen molar-refractivity contribution in [2.75, 3.05) is 11.9 Å². The number of nitrogens with one attached hydrogen (secondary N) is 2. The molecule has 5 nitrogen and oxygen atoms in total. The Morgan fingerprint density at radius 3 is 3.00 bits per heavy atom. The van der Waals surface area contributed by atoms with Crippen LogP contribution in [-0.4, -0.2) is 28.5 Å². The monoisotopic (exact) mass is 288 g/mol. The van der Waals surface area contributed by atoms with Gasteiger partial charge in [-0.05, 0) is 25.3 Å². The summed E-state index contributed by atoms with van der Waals surface area (Å²) in [5, 5.41) is 6.14. The minimum atomic E-state index is -0.210. The summed E-state index contributed by atoms with van der Waals surface area (Å²) in [7, 11) is 0. The Morgan fingerprint density at radius 2 is 2.28 bits per heavy atom. The van der Waals surface area contributed by atoms with Crippen molar-refractivity contribution < 1.29 is 4.79 Å². The largest absolute Gasteiger partial charge is 0.308 e. The molecule has 1 aromatic heterocycles. The van der Waals surface area contributed by atoms with E-state index in [9.17, 15) is 4.79 Å². The summed E-state index contributed by atoms with van der Waals surface area (Å²) in [6, 6.07) is -0.210. The van der Waals surface area contributed by atoms with Gasteiger partial charge in [0.25, 0.3) is 0 Å². The van der Waals surface area contributed by atoms with E-state index in [2.05, 4.69) is 27.5 Å². The number of hydrogen-bond donors (Lipinski definition) is 2.